The molecular formula is AlCaSiZn. The molecule has 0 aliphatic heterocycles. The van der Waals surface area contributed by atoms with Gasteiger partial charge in [0, 0.05) is 85.5 Å². The van der Waals surface area contributed by atoms with Crippen molar-refractivity contribution in [1.82, 2.24) is 0 Å². The Morgan fingerprint density at radius 1 is 1.00 bits per heavy atom. The SMILES string of the molecule is [Al].[Ca].[Si].[Zn]. The van der Waals surface area contributed by atoms with Crippen molar-refractivity contribution in [2.24, 2.45) is 0 Å². The molecule has 0 N–H and O–H groups in total. The third kappa shape index (κ3) is 8.82. The monoisotopic (exact) mass is 159 g/mol. The van der Waals surface area contributed by atoms with E-state index in [1.165, 1.54) is 0 Å². The van der Waals surface area contributed by atoms with Crippen molar-refractivity contribution in [3.8, 4) is 0 Å². The molecule has 0 rings (SSSR count). The van der Waals surface area contributed by atoms with Crippen LogP contribution in [0, 0.1) is 0 Å². The van der Waals surface area contributed by atoms with Crippen molar-refractivity contribution in [2.45, 2.75) is 0 Å². The maximum absolute atomic E-state index is 0. The third-order valence-corrected chi connectivity index (χ3v) is 0. The van der Waals surface area contributed by atoms with Gasteiger partial charge in [-0.25, -0.2) is 0 Å². The Balaban J connectivity index is 0. The number of hydrogen-bond donors (Lipinski definition) is 0. The van der Waals surface area contributed by atoms with Crippen LogP contribution in [-0.2, 0) is 19.5 Å². The fraction of sp³-hybridized carbons (Fsp3) is 0. The van der Waals surface area contributed by atoms with Gasteiger partial charge in [0.05, 0.1) is 0 Å². The molecule has 0 bridgehead atoms. The molecule has 0 aromatic heterocycles. The molecule has 11 valence electrons. The molecule has 0 heterocycles. The summed E-state index contributed by atoms with van der Waals surface area (Å²) in [6.45, 7) is 0. The zero-order valence-corrected chi connectivity index (χ0v) is 9.82. The van der Waals surface area contributed by atoms with Crippen LogP contribution in [-0.4, -0.2) is 66.1 Å². The minimum atomic E-state index is 0. The predicted molar refractivity (Wildman–Crippen MR) is 17.3 cm³/mol. The molecule has 0 atom stereocenters. The molecule has 0 nitrogen and oxygen atoms in total. The van der Waals surface area contributed by atoms with Crippen molar-refractivity contribution in [3.63, 3.8) is 0 Å². The van der Waals surface area contributed by atoms with Crippen molar-refractivity contribution in [3.05, 3.63) is 0 Å². The van der Waals surface area contributed by atoms with E-state index in [4.69, 9.17) is 0 Å². The molecule has 0 saturated heterocycles. The topological polar surface area (TPSA) is 0 Å². The van der Waals surface area contributed by atoms with E-state index in [9.17, 15) is 0 Å². The minimum Gasteiger partial charge on any atom is 0 e. The maximum Gasteiger partial charge on any atom is 0 e. The van der Waals surface area contributed by atoms with Crippen LogP contribution in [0.15, 0.2) is 0 Å². The Morgan fingerprint density at radius 3 is 1.00 bits per heavy atom. The molecule has 0 aromatic rings. The minimum absolute atomic E-state index is 0. The Labute approximate surface area is 84.0 Å². The first-order valence-electron chi connectivity index (χ1n) is 0. The van der Waals surface area contributed by atoms with Gasteiger partial charge < -0.3 is 0 Å². The van der Waals surface area contributed by atoms with E-state index < -0.39 is 0 Å². The summed E-state index contributed by atoms with van der Waals surface area (Å²) in [6, 6.07) is 0. The summed E-state index contributed by atoms with van der Waals surface area (Å²) in [5.41, 5.74) is 0. The largest absolute Gasteiger partial charge is 0 e. The van der Waals surface area contributed by atoms with Crippen LogP contribution in [0.1, 0.15) is 0 Å². The third-order valence-electron chi connectivity index (χ3n) is 0. The summed E-state index contributed by atoms with van der Waals surface area (Å²) in [5.74, 6) is 0. The van der Waals surface area contributed by atoms with Gasteiger partial charge in [0.2, 0.25) is 0 Å². The van der Waals surface area contributed by atoms with Crippen LogP contribution in [0.25, 0.3) is 0 Å². The Hall–Kier alpha value is 2.63. The Morgan fingerprint density at radius 2 is 1.00 bits per heavy atom. The molecule has 0 saturated carbocycles. The smallest absolute Gasteiger partial charge is 0 e. The average molecular weight is 161 g/mol. The fourth-order valence-electron chi connectivity index (χ4n) is 0. The summed E-state index contributed by atoms with van der Waals surface area (Å²) < 4.78 is 0. The summed E-state index contributed by atoms with van der Waals surface area (Å²) in [6.07, 6.45) is 0. The molecular weight excluding hydrogens is 161 g/mol. The fourth-order valence-corrected chi connectivity index (χ4v) is 0. The first-order chi connectivity index (χ1) is 0. The van der Waals surface area contributed by atoms with Crippen molar-refractivity contribution >= 4 is 66.1 Å². The Kier molecular flexibility index (Phi) is 132. The van der Waals surface area contributed by atoms with Crippen LogP contribution in [0.4, 0.5) is 0 Å². The van der Waals surface area contributed by atoms with Crippen molar-refractivity contribution in [1.29, 1.82) is 0 Å². The van der Waals surface area contributed by atoms with Crippen LogP contribution >= 0.6 is 0 Å². The van der Waals surface area contributed by atoms with Crippen LogP contribution in [0.3, 0.4) is 0 Å². The van der Waals surface area contributed by atoms with Gasteiger partial charge in [-0.2, -0.15) is 0 Å². The normalized spacial score (nSPS) is 0. The maximum atomic E-state index is 0. The zero-order valence-electron chi connectivity index (χ0n) is 2.49. The van der Waals surface area contributed by atoms with E-state index in [1.807, 2.05) is 0 Å². The average Bonchev–Trinajstić information content (AvgIpc) is 0. The standard InChI is InChI=1S/Al.Ca.Si.Zn. The molecule has 4 heteroatoms. The summed E-state index contributed by atoms with van der Waals surface area (Å²) in [5, 5.41) is 0. The molecule has 0 unspecified atom stereocenters. The molecule has 0 aliphatic carbocycles. The van der Waals surface area contributed by atoms with E-state index in [0.29, 0.717) is 0 Å². The molecule has 0 amide bonds. The summed E-state index contributed by atoms with van der Waals surface area (Å²) in [4.78, 5) is 0. The van der Waals surface area contributed by atoms with E-state index in [-0.39, 0.29) is 85.5 Å². The van der Waals surface area contributed by atoms with Gasteiger partial charge in [-0.1, -0.05) is 0 Å². The molecule has 0 aromatic carbocycles. The van der Waals surface area contributed by atoms with E-state index in [2.05, 4.69) is 0 Å². The van der Waals surface area contributed by atoms with Crippen molar-refractivity contribution in [2.75, 3.05) is 0 Å². The van der Waals surface area contributed by atoms with Gasteiger partial charge in [0.15, 0.2) is 0 Å². The Bertz CT molecular complexity index is 8.00. The van der Waals surface area contributed by atoms with Gasteiger partial charge in [0.25, 0.3) is 0 Å². The van der Waals surface area contributed by atoms with Gasteiger partial charge in [-0.3, -0.25) is 0 Å². The van der Waals surface area contributed by atoms with Crippen molar-refractivity contribution < 1.29 is 19.5 Å². The second kappa shape index (κ2) is 17.4. The first kappa shape index (κ1) is 30.4. The number of hydrogen-bond acceptors (Lipinski definition) is 0. The second-order valence-electron chi connectivity index (χ2n) is 0. The summed E-state index contributed by atoms with van der Waals surface area (Å²) in [7, 11) is 0. The first-order valence-corrected chi connectivity index (χ1v) is 0. The molecule has 0 fully saturated rings. The van der Waals surface area contributed by atoms with Gasteiger partial charge in [-0.05, 0) is 0 Å². The molecule has 9 radical (unpaired) electrons. The second-order valence-corrected chi connectivity index (χ2v) is 0. The van der Waals surface area contributed by atoms with Gasteiger partial charge >= 0.3 is 0 Å². The van der Waals surface area contributed by atoms with Crippen LogP contribution in [0.5, 0.6) is 0 Å². The zero-order chi connectivity index (χ0) is 0. The molecule has 0 aliphatic rings. The van der Waals surface area contributed by atoms with Crippen LogP contribution < -0.4 is 0 Å². The van der Waals surface area contributed by atoms with E-state index >= 15 is 0 Å². The molecule has 0 spiro atoms. The van der Waals surface area contributed by atoms with E-state index in [0.717, 1.165) is 0 Å². The quantitative estimate of drug-likeness (QED) is 0.393. The van der Waals surface area contributed by atoms with Gasteiger partial charge in [0.1, 0.15) is 0 Å². The predicted octanol–water partition coefficient (Wildman–Crippen LogP) is -1.14. The number of rotatable bonds is 0. The van der Waals surface area contributed by atoms with Gasteiger partial charge in [-0.15, -0.1) is 0 Å². The van der Waals surface area contributed by atoms with Crippen LogP contribution in [0.2, 0.25) is 0 Å². The molecule has 4 heavy (non-hydrogen) atoms. The summed E-state index contributed by atoms with van der Waals surface area (Å²) >= 11 is 0. The van der Waals surface area contributed by atoms with E-state index in [1.54, 1.807) is 0 Å².